The Hall–Kier alpha value is -0.340. The fraction of sp³-hybridized carbons (Fsp3) is 0.538. The molecule has 1 aliphatic carbocycles. The second kappa shape index (κ2) is 5.66. The minimum Gasteiger partial charge on any atom is -0.377 e. The summed E-state index contributed by atoms with van der Waals surface area (Å²) in [6.07, 6.45) is 5.50. The van der Waals surface area contributed by atoms with Gasteiger partial charge in [-0.15, -0.1) is 0 Å². The van der Waals surface area contributed by atoms with Crippen LogP contribution in [0.15, 0.2) is 28.7 Å². The van der Waals surface area contributed by atoms with Gasteiger partial charge in [-0.3, -0.25) is 0 Å². The van der Waals surface area contributed by atoms with Crippen LogP contribution in [0, 0.1) is 5.92 Å². The van der Waals surface area contributed by atoms with Gasteiger partial charge in [-0.25, -0.2) is 0 Å². The molecule has 2 heteroatoms. The lowest BCUT2D eigenvalue weighted by molar-refractivity contribution is 0.0946. The first-order valence-corrected chi connectivity index (χ1v) is 6.46. The minimum absolute atomic E-state index is 0.730. The number of hydrogen-bond acceptors (Lipinski definition) is 1. The third kappa shape index (κ3) is 3.32. The Labute approximate surface area is 100.0 Å². The predicted octanol–water partition coefficient (Wildman–Crippen LogP) is 4.16. The number of hydrogen-bond donors (Lipinski definition) is 0. The number of benzene rings is 1. The van der Waals surface area contributed by atoms with E-state index in [9.17, 15) is 0 Å². The molecule has 0 heterocycles. The molecule has 1 fully saturated rings. The second-order valence-electron chi connectivity index (χ2n) is 4.23. The Balaban J connectivity index is 1.66. The highest BCUT2D eigenvalue weighted by molar-refractivity contribution is 9.10. The fourth-order valence-corrected chi connectivity index (χ4v) is 2.23. The molecule has 0 N–H and O–H groups in total. The molecule has 0 radical (unpaired) electrons. The van der Waals surface area contributed by atoms with E-state index in [0.717, 1.165) is 23.6 Å². The van der Waals surface area contributed by atoms with E-state index < -0.39 is 0 Å². The van der Waals surface area contributed by atoms with Gasteiger partial charge < -0.3 is 4.74 Å². The van der Waals surface area contributed by atoms with Crippen LogP contribution < -0.4 is 0 Å². The van der Waals surface area contributed by atoms with Crippen LogP contribution in [0.25, 0.3) is 0 Å². The van der Waals surface area contributed by atoms with Crippen LogP contribution in [-0.4, -0.2) is 6.61 Å². The number of ether oxygens (including phenoxy) is 1. The molecule has 1 nitrogen and oxygen atoms in total. The summed E-state index contributed by atoms with van der Waals surface area (Å²) >= 11 is 3.52. The van der Waals surface area contributed by atoms with Crippen molar-refractivity contribution in [2.45, 2.75) is 32.3 Å². The van der Waals surface area contributed by atoms with E-state index >= 15 is 0 Å². The summed E-state index contributed by atoms with van der Waals surface area (Å²) in [5.41, 5.74) is 1.24. The maximum atomic E-state index is 5.68. The highest BCUT2D eigenvalue weighted by Crippen LogP contribution is 2.29. The van der Waals surface area contributed by atoms with Crippen LogP contribution in [0.4, 0.5) is 0 Å². The molecule has 0 unspecified atom stereocenters. The highest BCUT2D eigenvalue weighted by atomic mass is 79.9. The Kier molecular flexibility index (Phi) is 4.21. The fourth-order valence-electron chi connectivity index (χ4n) is 1.83. The summed E-state index contributed by atoms with van der Waals surface area (Å²) in [6.45, 7) is 1.64. The van der Waals surface area contributed by atoms with Gasteiger partial charge in [-0.1, -0.05) is 53.4 Å². The Morgan fingerprint density at radius 2 is 2.07 bits per heavy atom. The average molecular weight is 269 g/mol. The van der Waals surface area contributed by atoms with Crippen LogP contribution in [0.3, 0.4) is 0 Å². The first kappa shape index (κ1) is 11.2. The van der Waals surface area contributed by atoms with Crippen molar-refractivity contribution in [3.05, 3.63) is 34.3 Å². The van der Waals surface area contributed by atoms with Gasteiger partial charge >= 0.3 is 0 Å². The second-order valence-corrected chi connectivity index (χ2v) is 5.08. The Morgan fingerprint density at radius 3 is 2.73 bits per heavy atom. The molecule has 1 aliphatic rings. The smallest absolute Gasteiger partial charge is 0.0727 e. The molecule has 82 valence electrons. The summed E-state index contributed by atoms with van der Waals surface area (Å²) in [7, 11) is 0. The molecule has 0 saturated heterocycles. The van der Waals surface area contributed by atoms with Crippen LogP contribution in [-0.2, 0) is 11.3 Å². The molecule has 2 rings (SSSR count). The van der Waals surface area contributed by atoms with Crippen molar-refractivity contribution in [2.75, 3.05) is 6.61 Å². The summed E-state index contributed by atoms with van der Waals surface area (Å²) in [5.74, 6) is 0.948. The van der Waals surface area contributed by atoms with E-state index in [2.05, 4.69) is 34.1 Å². The highest BCUT2D eigenvalue weighted by Gasteiger charge is 2.16. The van der Waals surface area contributed by atoms with Gasteiger partial charge in [0.25, 0.3) is 0 Å². The van der Waals surface area contributed by atoms with E-state index in [0.29, 0.717) is 0 Å². The molecular weight excluding hydrogens is 252 g/mol. The third-order valence-electron chi connectivity index (χ3n) is 3.11. The van der Waals surface area contributed by atoms with Crippen molar-refractivity contribution in [1.29, 1.82) is 0 Å². The summed E-state index contributed by atoms with van der Waals surface area (Å²) in [5, 5.41) is 0. The number of rotatable bonds is 5. The van der Waals surface area contributed by atoms with E-state index in [1.807, 2.05) is 6.07 Å². The topological polar surface area (TPSA) is 9.23 Å². The first-order chi connectivity index (χ1) is 7.36. The van der Waals surface area contributed by atoms with Crippen LogP contribution in [0.1, 0.15) is 31.2 Å². The van der Waals surface area contributed by atoms with Crippen LogP contribution in [0.5, 0.6) is 0 Å². The molecule has 1 aromatic carbocycles. The molecule has 1 saturated carbocycles. The van der Waals surface area contributed by atoms with Gasteiger partial charge in [-0.05, 0) is 24.0 Å². The summed E-state index contributed by atoms with van der Waals surface area (Å²) < 4.78 is 6.82. The van der Waals surface area contributed by atoms with Crippen molar-refractivity contribution < 1.29 is 4.74 Å². The lowest BCUT2D eigenvalue weighted by Crippen LogP contribution is -2.13. The van der Waals surface area contributed by atoms with Crippen LogP contribution >= 0.6 is 15.9 Å². The molecule has 0 atom stereocenters. The quantitative estimate of drug-likeness (QED) is 0.729. The molecule has 0 bridgehead atoms. The zero-order chi connectivity index (χ0) is 10.5. The third-order valence-corrected chi connectivity index (χ3v) is 3.88. The number of halogens is 1. The zero-order valence-electron chi connectivity index (χ0n) is 8.92. The normalized spacial score (nSPS) is 16.3. The summed E-state index contributed by atoms with van der Waals surface area (Å²) in [4.78, 5) is 0. The molecule has 15 heavy (non-hydrogen) atoms. The lowest BCUT2D eigenvalue weighted by Gasteiger charge is -2.24. The minimum atomic E-state index is 0.730. The zero-order valence-corrected chi connectivity index (χ0v) is 10.5. The largest absolute Gasteiger partial charge is 0.377 e. The molecule has 0 spiro atoms. The van der Waals surface area contributed by atoms with Crippen LogP contribution in [0.2, 0.25) is 0 Å². The lowest BCUT2D eigenvalue weighted by atomic mass is 9.83. The van der Waals surface area contributed by atoms with Crippen molar-refractivity contribution in [2.24, 2.45) is 5.92 Å². The first-order valence-electron chi connectivity index (χ1n) is 5.67. The van der Waals surface area contributed by atoms with E-state index in [1.54, 1.807) is 0 Å². The average Bonchev–Trinajstić information content (AvgIpc) is 2.17. The molecule has 0 aromatic heterocycles. The van der Waals surface area contributed by atoms with Crippen molar-refractivity contribution in [1.82, 2.24) is 0 Å². The van der Waals surface area contributed by atoms with E-state index in [-0.39, 0.29) is 0 Å². The van der Waals surface area contributed by atoms with Gasteiger partial charge in [0.1, 0.15) is 0 Å². The monoisotopic (exact) mass is 268 g/mol. The SMILES string of the molecule is Brc1ccccc1COCCC1CCC1. The molecule has 0 amide bonds. The molecular formula is C13H17BrO. The summed E-state index contributed by atoms with van der Waals surface area (Å²) in [6, 6.07) is 8.25. The van der Waals surface area contributed by atoms with E-state index in [4.69, 9.17) is 4.74 Å². The van der Waals surface area contributed by atoms with Crippen molar-refractivity contribution >= 4 is 15.9 Å². The standard InChI is InChI=1S/C13H17BrO/c14-13-7-2-1-6-12(13)10-15-9-8-11-4-3-5-11/h1-2,6-7,11H,3-5,8-10H2. The molecule has 0 aliphatic heterocycles. The van der Waals surface area contributed by atoms with Gasteiger partial charge in [0.15, 0.2) is 0 Å². The van der Waals surface area contributed by atoms with Gasteiger partial charge in [0, 0.05) is 11.1 Å². The van der Waals surface area contributed by atoms with Gasteiger partial charge in [0.2, 0.25) is 0 Å². The molecule has 1 aromatic rings. The van der Waals surface area contributed by atoms with Crippen molar-refractivity contribution in [3.8, 4) is 0 Å². The Bertz CT molecular complexity index is 307. The maximum absolute atomic E-state index is 5.68. The van der Waals surface area contributed by atoms with Crippen molar-refractivity contribution in [3.63, 3.8) is 0 Å². The Morgan fingerprint density at radius 1 is 1.27 bits per heavy atom. The predicted molar refractivity (Wildman–Crippen MR) is 65.8 cm³/mol. The van der Waals surface area contributed by atoms with E-state index in [1.165, 1.54) is 31.2 Å². The van der Waals surface area contributed by atoms with Gasteiger partial charge in [0.05, 0.1) is 6.61 Å². The maximum Gasteiger partial charge on any atom is 0.0727 e. The van der Waals surface area contributed by atoms with Gasteiger partial charge in [-0.2, -0.15) is 0 Å².